The average molecular weight is 413 g/mol. The van der Waals surface area contributed by atoms with E-state index in [9.17, 15) is 0 Å². The minimum Gasteiger partial charge on any atom is -0.487 e. The van der Waals surface area contributed by atoms with Crippen molar-refractivity contribution in [3.05, 3.63) is 76.4 Å². The second-order valence-corrected chi connectivity index (χ2v) is 6.64. The molecule has 3 rings (SSSR count). The van der Waals surface area contributed by atoms with Gasteiger partial charge in [-0.25, -0.2) is 5.84 Å². The molecule has 4 N–H and O–H groups in total. The molecule has 3 aromatic rings. The lowest BCUT2D eigenvalue weighted by molar-refractivity contribution is -0.109. The number of amides is 1. The molecule has 0 atom stereocenters. The number of nitrogens with two attached hydrogens (primary N) is 1. The van der Waals surface area contributed by atoms with Gasteiger partial charge in [-0.2, -0.15) is 0 Å². The molecule has 1 heterocycles. The van der Waals surface area contributed by atoms with E-state index in [-0.39, 0.29) is 0 Å². The summed E-state index contributed by atoms with van der Waals surface area (Å²) in [5.41, 5.74) is 8.00. The number of aromatic nitrogens is 1. The van der Waals surface area contributed by atoms with Gasteiger partial charge in [-0.1, -0.05) is 29.8 Å². The van der Waals surface area contributed by atoms with Crippen molar-refractivity contribution in [2.45, 2.75) is 20.5 Å². The lowest BCUT2D eigenvalue weighted by atomic mass is 10.1. The lowest BCUT2D eigenvalue weighted by Gasteiger charge is -2.14. The van der Waals surface area contributed by atoms with E-state index >= 15 is 0 Å². The summed E-state index contributed by atoms with van der Waals surface area (Å²) in [4.78, 5) is 13.5. The summed E-state index contributed by atoms with van der Waals surface area (Å²) in [5.74, 6) is 5.08. The van der Waals surface area contributed by atoms with Crippen molar-refractivity contribution < 1.29 is 9.53 Å². The molecule has 0 aliphatic heterocycles. The molecule has 2 aromatic carbocycles. The predicted molar refractivity (Wildman–Crippen MR) is 118 cm³/mol. The number of anilines is 1. The molecule has 0 spiro atoms. The predicted octanol–water partition coefficient (Wildman–Crippen LogP) is 4.25. The number of nitrogens with zero attached hydrogens (tertiary/aromatic N) is 1. The number of hydrazine groups is 1. The number of rotatable bonds is 6. The molecule has 152 valence electrons. The van der Waals surface area contributed by atoms with Gasteiger partial charge in [0.25, 0.3) is 0 Å². The zero-order valence-corrected chi connectivity index (χ0v) is 17.5. The topological polar surface area (TPSA) is 89.3 Å². The van der Waals surface area contributed by atoms with Crippen molar-refractivity contribution >= 4 is 23.7 Å². The van der Waals surface area contributed by atoms with Crippen LogP contribution in [0.4, 0.5) is 5.69 Å². The number of carbonyl (C=O) groups excluding carboxylic acids is 1. The van der Waals surface area contributed by atoms with Gasteiger partial charge in [-0.05, 0) is 55.8 Å². The monoisotopic (exact) mass is 412 g/mol. The molecule has 7 heteroatoms. The summed E-state index contributed by atoms with van der Waals surface area (Å²) in [6.45, 7) is 4.52. The number of ether oxygens (including phenoxy) is 1. The fourth-order valence-electron chi connectivity index (χ4n) is 2.76. The zero-order chi connectivity index (χ0) is 21.2. The van der Waals surface area contributed by atoms with Gasteiger partial charge < -0.3 is 10.1 Å². The molecular weight excluding hydrogens is 388 g/mol. The van der Waals surface area contributed by atoms with Crippen LogP contribution < -0.4 is 21.3 Å². The highest BCUT2D eigenvalue weighted by Crippen LogP contribution is 2.31. The number of halogens is 1. The van der Waals surface area contributed by atoms with E-state index < -0.39 is 0 Å². The molecule has 0 bridgehead atoms. The van der Waals surface area contributed by atoms with Crippen LogP contribution in [0.1, 0.15) is 16.8 Å². The van der Waals surface area contributed by atoms with Crippen molar-refractivity contribution in [3.63, 3.8) is 0 Å². The number of hydrogen-bond acceptors (Lipinski definition) is 5. The Hall–Kier alpha value is -3.09. The minimum atomic E-state index is 0.403. The molecule has 0 aliphatic carbocycles. The van der Waals surface area contributed by atoms with Crippen LogP contribution in [0.2, 0.25) is 5.02 Å². The van der Waals surface area contributed by atoms with E-state index in [0.717, 1.165) is 28.2 Å². The normalized spacial score (nSPS) is 9.83. The van der Waals surface area contributed by atoms with E-state index in [4.69, 9.17) is 21.1 Å². The second-order valence-electron chi connectivity index (χ2n) is 6.23. The van der Waals surface area contributed by atoms with Gasteiger partial charge in [0.1, 0.15) is 12.4 Å². The van der Waals surface area contributed by atoms with Crippen molar-refractivity contribution in [1.29, 1.82) is 0 Å². The van der Waals surface area contributed by atoms with Gasteiger partial charge in [-0.15, -0.1) is 0 Å². The first-order valence-electron chi connectivity index (χ1n) is 9.02. The van der Waals surface area contributed by atoms with Crippen molar-refractivity contribution in [2.24, 2.45) is 5.84 Å². The Balaban J connectivity index is 0.000000687. The Morgan fingerprint density at radius 1 is 1.14 bits per heavy atom. The quantitative estimate of drug-likeness (QED) is 0.244. The van der Waals surface area contributed by atoms with E-state index in [1.165, 1.54) is 5.56 Å². The minimum absolute atomic E-state index is 0.403. The maximum Gasteiger partial charge on any atom is 0.221 e. The number of hydrogen-bond donors (Lipinski definition) is 3. The summed E-state index contributed by atoms with van der Waals surface area (Å²) >= 11 is 6.43. The first-order valence-corrected chi connectivity index (χ1v) is 9.40. The van der Waals surface area contributed by atoms with Crippen LogP contribution in [0.5, 0.6) is 5.75 Å². The molecule has 0 radical (unpaired) electrons. The van der Waals surface area contributed by atoms with Crippen LogP contribution in [0, 0.1) is 13.8 Å². The Bertz CT molecular complexity index is 963. The summed E-state index contributed by atoms with van der Waals surface area (Å²) < 4.78 is 5.97. The van der Waals surface area contributed by atoms with Crippen molar-refractivity contribution in [2.75, 3.05) is 12.4 Å². The van der Waals surface area contributed by atoms with Gasteiger partial charge in [-0.3, -0.25) is 15.2 Å². The highest BCUT2D eigenvalue weighted by molar-refractivity contribution is 6.32. The number of pyridine rings is 1. The third kappa shape index (κ3) is 6.20. The largest absolute Gasteiger partial charge is 0.487 e. The molecule has 0 aliphatic rings. The molecule has 0 saturated heterocycles. The molecule has 0 fully saturated rings. The fraction of sp³-hybridized carbons (Fsp3) is 0.182. The number of carbonyl (C=O) groups is 1. The highest BCUT2D eigenvalue weighted by atomic mass is 35.5. The van der Waals surface area contributed by atoms with Crippen LogP contribution in [-0.2, 0) is 11.4 Å². The smallest absolute Gasteiger partial charge is 0.221 e. The molecular formula is C22H25ClN4O2. The molecule has 1 aromatic heterocycles. The van der Waals surface area contributed by atoms with E-state index in [0.29, 0.717) is 23.8 Å². The fourth-order valence-corrected chi connectivity index (χ4v) is 2.99. The van der Waals surface area contributed by atoms with Crippen molar-refractivity contribution in [1.82, 2.24) is 10.4 Å². The number of aryl methyl sites for hydroxylation is 2. The average Bonchev–Trinajstić information content (AvgIpc) is 2.73. The second kappa shape index (κ2) is 11.0. The number of nitrogens with one attached hydrogen (secondary N) is 2. The molecule has 1 amide bonds. The summed E-state index contributed by atoms with van der Waals surface area (Å²) in [6.07, 6.45) is 0.403. The SMILES string of the molecule is CNc1cccc(C)c1COc1ccc(-c2cccc(C)n2)cc1Cl.NNC=O. The van der Waals surface area contributed by atoms with Crippen LogP contribution in [0.15, 0.2) is 54.6 Å². The molecule has 29 heavy (non-hydrogen) atoms. The first-order chi connectivity index (χ1) is 14.0. The van der Waals surface area contributed by atoms with Crippen LogP contribution >= 0.6 is 11.6 Å². The first kappa shape index (κ1) is 22.2. The lowest BCUT2D eigenvalue weighted by Crippen LogP contribution is -2.18. The summed E-state index contributed by atoms with van der Waals surface area (Å²) in [7, 11) is 1.91. The Labute approximate surface area is 176 Å². The Morgan fingerprint density at radius 3 is 2.48 bits per heavy atom. The van der Waals surface area contributed by atoms with Gasteiger partial charge in [0.2, 0.25) is 6.41 Å². The van der Waals surface area contributed by atoms with Gasteiger partial charge >= 0.3 is 0 Å². The summed E-state index contributed by atoms with van der Waals surface area (Å²) in [5, 5.41) is 3.79. The van der Waals surface area contributed by atoms with Crippen molar-refractivity contribution in [3.8, 4) is 17.0 Å². The Kier molecular flexibility index (Phi) is 8.45. The van der Waals surface area contributed by atoms with Gasteiger partial charge in [0, 0.05) is 29.6 Å². The number of benzene rings is 2. The molecule has 6 nitrogen and oxygen atoms in total. The van der Waals surface area contributed by atoms with E-state index in [2.05, 4.69) is 29.1 Å². The highest BCUT2D eigenvalue weighted by Gasteiger charge is 2.09. The molecule has 0 saturated carbocycles. The van der Waals surface area contributed by atoms with E-state index in [1.54, 1.807) is 5.43 Å². The standard InChI is InChI=1S/C21H21ClN2O.CH4N2O/c1-14-6-4-9-20(23-3)17(14)13-25-21-11-10-16(12-18(21)22)19-8-5-7-15(2)24-19;2-3-1-4/h4-12,23H,13H2,1-3H3;1H,2H2,(H,3,4). The maximum atomic E-state index is 8.94. The maximum absolute atomic E-state index is 8.94. The third-order valence-corrected chi connectivity index (χ3v) is 4.53. The zero-order valence-electron chi connectivity index (χ0n) is 16.7. The van der Waals surface area contributed by atoms with Crippen LogP contribution in [0.3, 0.4) is 0 Å². The van der Waals surface area contributed by atoms with Gasteiger partial charge in [0.05, 0.1) is 10.7 Å². The van der Waals surface area contributed by atoms with Crippen LogP contribution in [0.25, 0.3) is 11.3 Å². The third-order valence-electron chi connectivity index (χ3n) is 4.24. The molecule has 0 unspecified atom stereocenters. The van der Waals surface area contributed by atoms with Crippen LogP contribution in [-0.4, -0.2) is 18.4 Å². The van der Waals surface area contributed by atoms with E-state index in [1.807, 2.05) is 62.5 Å². The van der Waals surface area contributed by atoms with Gasteiger partial charge in [0.15, 0.2) is 0 Å². The summed E-state index contributed by atoms with van der Waals surface area (Å²) in [6, 6.07) is 17.9. The Morgan fingerprint density at radius 2 is 1.86 bits per heavy atom.